The normalized spacial score (nSPS) is 12.7. The van der Waals surface area contributed by atoms with Crippen molar-refractivity contribution in [2.45, 2.75) is 19.9 Å². The van der Waals surface area contributed by atoms with E-state index >= 15 is 0 Å². The van der Waals surface area contributed by atoms with Crippen LogP contribution in [-0.2, 0) is 0 Å². The number of aliphatic imine (C=N–C) groups is 1. The first kappa shape index (κ1) is 19.3. The molecule has 0 aliphatic heterocycles. The van der Waals surface area contributed by atoms with Crippen LogP contribution in [-0.4, -0.2) is 38.1 Å². The van der Waals surface area contributed by atoms with Gasteiger partial charge >= 0.3 is 0 Å². The third-order valence-corrected chi connectivity index (χ3v) is 4.78. The van der Waals surface area contributed by atoms with Crippen LogP contribution in [0.25, 0.3) is 0 Å². The van der Waals surface area contributed by atoms with Gasteiger partial charge in [0.1, 0.15) is 17.5 Å². The summed E-state index contributed by atoms with van der Waals surface area (Å²) in [4.78, 5) is 6.01. The lowest BCUT2D eigenvalue weighted by Crippen LogP contribution is -3.12. The third kappa shape index (κ3) is 4.97. The zero-order valence-electron chi connectivity index (χ0n) is 15.0. The zero-order chi connectivity index (χ0) is 18.2. The average molecular weight is 362 g/mol. The molecule has 0 bridgehead atoms. The molecule has 0 fully saturated rings. The third-order valence-electron chi connectivity index (χ3n) is 4.43. The smallest absolute Gasteiger partial charge is 0.134 e. The number of phenols is 1. The summed E-state index contributed by atoms with van der Waals surface area (Å²) in [6.45, 7) is 6.91. The highest BCUT2D eigenvalue weighted by atomic mass is 35.5. The minimum absolute atomic E-state index is 0.174. The number of quaternary nitrogens is 1. The highest BCUT2D eigenvalue weighted by Crippen LogP contribution is 2.23. The maximum atomic E-state index is 9.99. The minimum atomic E-state index is 0.174. The van der Waals surface area contributed by atoms with E-state index < -0.39 is 0 Å². The summed E-state index contributed by atoms with van der Waals surface area (Å²) in [5, 5.41) is 10.8. The first-order valence-corrected chi connectivity index (χ1v) is 8.94. The van der Waals surface area contributed by atoms with Gasteiger partial charge in [-0.1, -0.05) is 29.8 Å². The Morgan fingerprint density at radius 2 is 1.92 bits per heavy atom. The number of phenolic OH excluding ortho intramolecular Hbond substituents is 1. The van der Waals surface area contributed by atoms with Gasteiger partial charge in [-0.25, -0.2) is 0 Å². The average Bonchev–Trinajstić information content (AvgIpc) is 2.63. The summed E-state index contributed by atoms with van der Waals surface area (Å²) in [6, 6.07) is 13.2. The van der Waals surface area contributed by atoms with Crippen molar-refractivity contribution in [2.75, 3.05) is 26.7 Å². The number of halogens is 1. The molecule has 0 spiro atoms. The van der Waals surface area contributed by atoms with E-state index in [1.54, 1.807) is 31.5 Å². The van der Waals surface area contributed by atoms with Gasteiger partial charge in [-0.05, 0) is 38.1 Å². The monoisotopic (exact) mass is 361 g/mol. The maximum Gasteiger partial charge on any atom is 0.134 e. The lowest BCUT2D eigenvalue weighted by atomic mass is 10.0. The van der Waals surface area contributed by atoms with Crippen molar-refractivity contribution in [1.29, 1.82) is 0 Å². The van der Waals surface area contributed by atoms with Crippen LogP contribution in [0.5, 0.6) is 11.5 Å². The quantitative estimate of drug-likeness (QED) is 0.709. The molecule has 134 valence electrons. The number of benzene rings is 2. The predicted molar refractivity (Wildman–Crippen MR) is 103 cm³/mol. The second kappa shape index (κ2) is 9.44. The first-order valence-electron chi connectivity index (χ1n) is 8.56. The number of methoxy groups -OCH3 is 1. The van der Waals surface area contributed by atoms with Crippen molar-refractivity contribution >= 4 is 17.8 Å². The molecule has 0 saturated carbocycles. The number of aromatic hydroxyl groups is 1. The van der Waals surface area contributed by atoms with E-state index in [4.69, 9.17) is 16.3 Å². The SMILES string of the molecule is CC[NH+](CC)[C@@H](CN=Cc1cc(OC)ccc1O)c1ccccc1Cl. The Kier molecular flexibility index (Phi) is 7.29. The molecule has 0 heterocycles. The second-order valence-corrected chi connectivity index (χ2v) is 6.27. The van der Waals surface area contributed by atoms with E-state index in [0.717, 1.165) is 23.7 Å². The Bertz CT molecular complexity index is 715. The van der Waals surface area contributed by atoms with E-state index in [1.165, 1.54) is 4.90 Å². The van der Waals surface area contributed by atoms with E-state index in [0.29, 0.717) is 17.9 Å². The van der Waals surface area contributed by atoms with E-state index in [1.807, 2.05) is 18.2 Å². The molecule has 25 heavy (non-hydrogen) atoms. The summed E-state index contributed by atoms with van der Waals surface area (Å²) < 4.78 is 5.20. The molecule has 4 nitrogen and oxygen atoms in total. The second-order valence-electron chi connectivity index (χ2n) is 5.86. The number of hydrogen-bond donors (Lipinski definition) is 2. The van der Waals surface area contributed by atoms with Gasteiger partial charge in [-0.15, -0.1) is 0 Å². The summed E-state index contributed by atoms with van der Waals surface area (Å²) >= 11 is 6.42. The number of nitrogens with one attached hydrogen (secondary N) is 1. The van der Waals surface area contributed by atoms with Crippen LogP contribution in [0, 0.1) is 0 Å². The highest BCUT2D eigenvalue weighted by molar-refractivity contribution is 6.31. The maximum absolute atomic E-state index is 9.99. The predicted octanol–water partition coefficient (Wildman–Crippen LogP) is 3.14. The van der Waals surface area contributed by atoms with Crippen molar-refractivity contribution in [3.8, 4) is 11.5 Å². The lowest BCUT2D eigenvalue weighted by molar-refractivity contribution is -0.926. The van der Waals surface area contributed by atoms with Crippen LogP contribution in [0.1, 0.15) is 31.0 Å². The molecule has 0 radical (unpaired) electrons. The van der Waals surface area contributed by atoms with Gasteiger partial charge in [0.15, 0.2) is 0 Å². The Morgan fingerprint density at radius 3 is 2.56 bits per heavy atom. The van der Waals surface area contributed by atoms with Gasteiger partial charge < -0.3 is 14.7 Å². The van der Waals surface area contributed by atoms with E-state index in [2.05, 4.69) is 24.9 Å². The summed E-state index contributed by atoms with van der Waals surface area (Å²) in [5.74, 6) is 0.880. The van der Waals surface area contributed by atoms with Crippen molar-refractivity contribution < 1.29 is 14.7 Å². The molecule has 0 aliphatic rings. The fraction of sp³-hybridized carbons (Fsp3) is 0.350. The van der Waals surface area contributed by atoms with Crippen molar-refractivity contribution in [3.05, 3.63) is 58.6 Å². The molecule has 0 aliphatic carbocycles. The molecule has 2 rings (SSSR count). The van der Waals surface area contributed by atoms with Crippen molar-refractivity contribution in [2.24, 2.45) is 4.99 Å². The number of likely N-dealkylation sites (N-methyl/N-ethyl adjacent to an activating group) is 1. The van der Waals surface area contributed by atoms with Crippen LogP contribution in [0.4, 0.5) is 0 Å². The van der Waals surface area contributed by atoms with Gasteiger partial charge in [0.2, 0.25) is 0 Å². The lowest BCUT2D eigenvalue weighted by Gasteiger charge is -2.26. The topological polar surface area (TPSA) is 46.3 Å². The molecule has 2 aromatic carbocycles. The number of rotatable bonds is 8. The van der Waals surface area contributed by atoms with E-state index in [-0.39, 0.29) is 11.8 Å². The fourth-order valence-electron chi connectivity index (χ4n) is 2.97. The molecule has 2 aromatic rings. The Morgan fingerprint density at radius 1 is 1.20 bits per heavy atom. The van der Waals surface area contributed by atoms with E-state index in [9.17, 15) is 5.11 Å². The summed E-state index contributed by atoms with van der Waals surface area (Å²) in [7, 11) is 1.60. The van der Waals surface area contributed by atoms with Crippen LogP contribution >= 0.6 is 11.6 Å². The standard InChI is InChI=1S/C20H25ClN2O2/c1-4-23(5-2)19(17-8-6-7-9-18(17)21)14-22-13-15-12-16(25-3)10-11-20(15)24/h6-13,19,24H,4-5,14H2,1-3H3/p+1/t19-/m0/s1. The number of nitrogens with zero attached hydrogens (tertiary/aromatic N) is 1. The highest BCUT2D eigenvalue weighted by Gasteiger charge is 2.23. The van der Waals surface area contributed by atoms with Gasteiger partial charge in [0.25, 0.3) is 0 Å². The fourth-order valence-corrected chi connectivity index (χ4v) is 3.23. The number of ether oxygens (including phenoxy) is 1. The molecule has 1 atom stereocenters. The molecule has 0 aromatic heterocycles. The van der Waals surface area contributed by atoms with Gasteiger partial charge in [-0.2, -0.15) is 0 Å². The zero-order valence-corrected chi connectivity index (χ0v) is 15.8. The Labute approximate surface area is 154 Å². The molecule has 2 N–H and O–H groups in total. The molecule has 5 heteroatoms. The summed E-state index contributed by atoms with van der Waals surface area (Å²) in [5.41, 5.74) is 1.75. The van der Waals surface area contributed by atoms with Gasteiger partial charge in [0, 0.05) is 22.4 Å². The molecular weight excluding hydrogens is 336 g/mol. The number of hydrogen-bond acceptors (Lipinski definition) is 3. The molecule has 0 amide bonds. The molecular formula is C20H26ClN2O2+. The first-order chi connectivity index (χ1) is 12.1. The molecule has 0 unspecified atom stereocenters. The van der Waals surface area contributed by atoms with Crippen LogP contribution < -0.4 is 9.64 Å². The van der Waals surface area contributed by atoms with Crippen LogP contribution in [0.3, 0.4) is 0 Å². The Hall–Kier alpha value is -2.04. The van der Waals surface area contributed by atoms with Crippen LogP contribution in [0.2, 0.25) is 5.02 Å². The molecule has 0 saturated heterocycles. The Balaban J connectivity index is 2.24. The van der Waals surface area contributed by atoms with Crippen LogP contribution in [0.15, 0.2) is 47.5 Å². The van der Waals surface area contributed by atoms with Gasteiger partial charge in [0.05, 0.1) is 26.7 Å². The van der Waals surface area contributed by atoms with Gasteiger partial charge in [-0.3, -0.25) is 4.99 Å². The van der Waals surface area contributed by atoms with Crippen molar-refractivity contribution in [1.82, 2.24) is 0 Å². The minimum Gasteiger partial charge on any atom is -0.507 e. The largest absolute Gasteiger partial charge is 0.507 e. The summed E-state index contributed by atoms with van der Waals surface area (Å²) in [6.07, 6.45) is 1.70. The van der Waals surface area contributed by atoms with Crippen molar-refractivity contribution in [3.63, 3.8) is 0 Å².